The van der Waals surface area contributed by atoms with Gasteiger partial charge in [-0.2, -0.15) is 5.26 Å². The lowest BCUT2D eigenvalue weighted by molar-refractivity contribution is 0.470. The van der Waals surface area contributed by atoms with Crippen LogP contribution in [0.2, 0.25) is 10.0 Å². The third-order valence-electron chi connectivity index (χ3n) is 4.41. The minimum Gasteiger partial charge on any atom is -0.313 e. The van der Waals surface area contributed by atoms with Gasteiger partial charge in [0.1, 0.15) is 0 Å². The summed E-state index contributed by atoms with van der Waals surface area (Å²) in [6.45, 7) is 8.00. The van der Waals surface area contributed by atoms with Crippen molar-refractivity contribution in [3.63, 3.8) is 0 Å². The highest BCUT2D eigenvalue weighted by atomic mass is 35.5. The van der Waals surface area contributed by atoms with Gasteiger partial charge in [-0.05, 0) is 60.8 Å². The molecule has 2 aromatic carbocycles. The maximum atomic E-state index is 9.15. The molecular weight excluding hydrogens is 363 g/mol. The molecule has 1 aliphatic carbocycles. The lowest BCUT2D eigenvalue weighted by atomic mass is 9.76. The van der Waals surface area contributed by atoms with E-state index in [0.717, 1.165) is 12.8 Å². The minimum atomic E-state index is 0.294. The van der Waals surface area contributed by atoms with Crippen molar-refractivity contribution in [3.05, 3.63) is 68.7 Å². The number of nitrogens with zero attached hydrogens (tertiary/aromatic N) is 1. The number of nitrogens with one attached hydrogen (secondary N) is 1. The minimum absolute atomic E-state index is 0.294. The molecule has 1 aliphatic rings. The Labute approximate surface area is 168 Å². The number of halogens is 2. The van der Waals surface area contributed by atoms with Crippen LogP contribution < -0.4 is 5.32 Å². The summed E-state index contributed by atoms with van der Waals surface area (Å²) in [5, 5.41) is 13.7. The van der Waals surface area contributed by atoms with E-state index in [1.54, 1.807) is 0 Å². The van der Waals surface area contributed by atoms with Gasteiger partial charge < -0.3 is 5.32 Å². The maximum Gasteiger partial charge on any atom is 0.0991 e. The van der Waals surface area contributed by atoms with E-state index in [1.165, 1.54) is 16.7 Å². The number of fused-ring (bicyclic) bond motifs is 1. The van der Waals surface area contributed by atoms with Gasteiger partial charge in [0.05, 0.1) is 21.7 Å². The maximum absolute atomic E-state index is 9.15. The van der Waals surface area contributed by atoms with Gasteiger partial charge in [0.25, 0.3) is 0 Å². The zero-order valence-corrected chi connectivity index (χ0v) is 17.7. The summed E-state index contributed by atoms with van der Waals surface area (Å²) < 4.78 is 0. The number of hydrogen-bond donors (Lipinski definition) is 1. The Morgan fingerprint density at radius 3 is 2.19 bits per heavy atom. The molecule has 2 atom stereocenters. The second-order valence-corrected chi connectivity index (χ2v) is 6.41. The van der Waals surface area contributed by atoms with E-state index >= 15 is 0 Å². The third kappa shape index (κ3) is 5.01. The van der Waals surface area contributed by atoms with Crippen LogP contribution in [0.15, 0.2) is 36.4 Å². The predicted octanol–water partition coefficient (Wildman–Crippen LogP) is 7.10. The van der Waals surface area contributed by atoms with Gasteiger partial charge in [0, 0.05) is 12.0 Å². The van der Waals surface area contributed by atoms with Crippen LogP contribution in [0.25, 0.3) is 0 Å². The molecule has 1 N–H and O–H groups in total. The number of hydrogen-bond acceptors (Lipinski definition) is 2. The normalized spacial score (nSPS) is 17.6. The van der Waals surface area contributed by atoms with Crippen molar-refractivity contribution in [1.29, 1.82) is 5.26 Å². The monoisotopic (exact) mass is 390 g/mol. The fourth-order valence-corrected chi connectivity index (χ4v) is 3.59. The summed E-state index contributed by atoms with van der Waals surface area (Å²) in [5.41, 5.74) is 4.36. The standard InChI is InChI=1S/C18H16Cl2N2.2C2H6/c1-22-18-7-5-13(12-3-6-16(19)17(20)9-12)14-4-2-11(10-21)8-15(14)18;2*1-2/h2-4,6,8-9,13,18,22H,5,7H2,1H3;2*1-2H3/t13-,18-;;/m0../s1. The Bertz CT molecular complexity index is 750. The molecule has 0 bridgehead atoms. The first-order chi connectivity index (χ1) is 12.6. The largest absolute Gasteiger partial charge is 0.313 e. The Hall–Kier alpha value is -1.53. The molecule has 0 saturated heterocycles. The van der Waals surface area contributed by atoms with Crippen LogP contribution >= 0.6 is 23.2 Å². The van der Waals surface area contributed by atoms with Crippen molar-refractivity contribution in [1.82, 2.24) is 5.32 Å². The summed E-state index contributed by atoms with van der Waals surface area (Å²) in [5.74, 6) is 0.294. The zero-order chi connectivity index (χ0) is 19.7. The third-order valence-corrected chi connectivity index (χ3v) is 5.14. The SMILES string of the molecule is CC.CC.CN[C@H]1CC[C@@H](c2ccc(Cl)c(Cl)c2)c2ccc(C#N)cc21. The highest BCUT2D eigenvalue weighted by molar-refractivity contribution is 6.42. The molecule has 140 valence electrons. The average molecular weight is 391 g/mol. The number of benzene rings is 2. The molecule has 0 radical (unpaired) electrons. The average Bonchev–Trinajstić information content (AvgIpc) is 2.71. The highest BCUT2D eigenvalue weighted by Gasteiger charge is 2.28. The number of nitriles is 1. The molecule has 4 heteroatoms. The van der Waals surface area contributed by atoms with Crippen molar-refractivity contribution < 1.29 is 0 Å². The number of rotatable bonds is 2. The van der Waals surface area contributed by atoms with Crippen LogP contribution in [0.1, 0.15) is 74.8 Å². The molecule has 2 aromatic rings. The van der Waals surface area contributed by atoms with Crippen LogP contribution in [-0.4, -0.2) is 7.05 Å². The van der Waals surface area contributed by atoms with Gasteiger partial charge in [-0.15, -0.1) is 0 Å². The Morgan fingerprint density at radius 1 is 0.923 bits per heavy atom. The fraction of sp³-hybridized carbons (Fsp3) is 0.409. The lowest BCUT2D eigenvalue weighted by Gasteiger charge is -2.32. The van der Waals surface area contributed by atoms with E-state index in [2.05, 4.69) is 17.5 Å². The van der Waals surface area contributed by atoms with Gasteiger partial charge in [0.2, 0.25) is 0 Å². The first kappa shape index (κ1) is 22.5. The molecule has 0 aromatic heterocycles. The molecule has 3 rings (SSSR count). The van der Waals surface area contributed by atoms with E-state index < -0.39 is 0 Å². The van der Waals surface area contributed by atoms with E-state index in [1.807, 2.05) is 65.1 Å². The van der Waals surface area contributed by atoms with Crippen molar-refractivity contribution >= 4 is 23.2 Å². The smallest absolute Gasteiger partial charge is 0.0991 e. The van der Waals surface area contributed by atoms with Gasteiger partial charge in [-0.3, -0.25) is 0 Å². The molecule has 0 fully saturated rings. The lowest BCUT2D eigenvalue weighted by Crippen LogP contribution is -2.24. The van der Waals surface area contributed by atoms with Gasteiger partial charge in [0.15, 0.2) is 0 Å². The fourth-order valence-electron chi connectivity index (χ4n) is 3.28. The summed E-state index contributed by atoms with van der Waals surface area (Å²) >= 11 is 12.2. The van der Waals surface area contributed by atoms with Crippen molar-refractivity contribution in [2.24, 2.45) is 0 Å². The molecule has 0 saturated carbocycles. The highest BCUT2D eigenvalue weighted by Crippen LogP contribution is 2.42. The first-order valence-corrected chi connectivity index (χ1v) is 10.1. The van der Waals surface area contributed by atoms with Gasteiger partial charge in [-0.25, -0.2) is 0 Å². The molecule has 0 heterocycles. The van der Waals surface area contributed by atoms with Crippen LogP contribution in [-0.2, 0) is 0 Å². The molecule has 0 spiro atoms. The van der Waals surface area contributed by atoms with Crippen LogP contribution in [0.3, 0.4) is 0 Å². The molecule has 0 unspecified atom stereocenters. The van der Waals surface area contributed by atoms with E-state index in [4.69, 9.17) is 28.5 Å². The Kier molecular flexibility index (Phi) is 9.73. The van der Waals surface area contributed by atoms with E-state index in [9.17, 15) is 0 Å². The second kappa shape index (κ2) is 11.2. The van der Waals surface area contributed by atoms with Crippen LogP contribution in [0.5, 0.6) is 0 Å². The summed E-state index contributed by atoms with van der Waals surface area (Å²) in [7, 11) is 1.97. The topological polar surface area (TPSA) is 35.8 Å². The summed E-state index contributed by atoms with van der Waals surface area (Å²) in [6.07, 6.45) is 2.08. The summed E-state index contributed by atoms with van der Waals surface area (Å²) in [4.78, 5) is 0. The van der Waals surface area contributed by atoms with E-state index in [-0.39, 0.29) is 0 Å². The predicted molar refractivity (Wildman–Crippen MR) is 113 cm³/mol. The quantitative estimate of drug-likeness (QED) is 0.592. The zero-order valence-electron chi connectivity index (χ0n) is 16.2. The van der Waals surface area contributed by atoms with Crippen LogP contribution in [0.4, 0.5) is 0 Å². The molecular formula is C22H28Cl2N2. The molecule has 0 amide bonds. The van der Waals surface area contributed by atoms with Crippen LogP contribution in [0, 0.1) is 11.3 Å². The van der Waals surface area contributed by atoms with Crippen molar-refractivity contribution in [3.8, 4) is 6.07 Å². The van der Waals surface area contributed by atoms with Crippen molar-refractivity contribution in [2.45, 2.75) is 52.5 Å². The van der Waals surface area contributed by atoms with E-state index in [0.29, 0.717) is 27.6 Å². The van der Waals surface area contributed by atoms with Crippen molar-refractivity contribution in [2.75, 3.05) is 7.05 Å². The Balaban J connectivity index is 0.000000791. The second-order valence-electron chi connectivity index (χ2n) is 5.60. The van der Waals surface area contributed by atoms with Gasteiger partial charge >= 0.3 is 0 Å². The molecule has 2 nitrogen and oxygen atoms in total. The molecule has 0 aliphatic heterocycles. The first-order valence-electron chi connectivity index (χ1n) is 9.30. The summed E-state index contributed by atoms with van der Waals surface area (Å²) in [6, 6.07) is 14.3. The Morgan fingerprint density at radius 2 is 1.62 bits per heavy atom. The molecule has 26 heavy (non-hydrogen) atoms. The van der Waals surface area contributed by atoms with Gasteiger partial charge in [-0.1, -0.05) is 63.0 Å².